The van der Waals surface area contributed by atoms with E-state index < -0.39 is 0 Å². The van der Waals surface area contributed by atoms with Gasteiger partial charge < -0.3 is 15.3 Å². The van der Waals surface area contributed by atoms with Crippen LogP contribution in [0.5, 0.6) is 5.75 Å². The van der Waals surface area contributed by atoms with E-state index in [0.29, 0.717) is 13.1 Å². The molecule has 0 fully saturated rings. The Hall–Kier alpha value is -2.49. The summed E-state index contributed by atoms with van der Waals surface area (Å²) in [5.41, 5.74) is 3.06. The van der Waals surface area contributed by atoms with Gasteiger partial charge in [0.2, 0.25) is 5.91 Å². The van der Waals surface area contributed by atoms with Gasteiger partial charge in [-0.2, -0.15) is 0 Å². The van der Waals surface area contributed by atoms with Gasteiger partial charge in [0.1, 0.15) is 5.75 Å². The van der Waals surface area contributed by atoms with E-state index >= 15 is 0 Å². The number of para-hydroxylation sites is 1. The number of phenolic OH excluding ortho intramolecular Hbond substituents is 1. The second-order valence-electron chi connectivity index (χ2n) is 5.06. The van der Waals surface area contributed by atoms with E-state index in [0.717, 1.165) is 16.8 Å². The molecule has 0 bridgehead atoms. The van der Waals surface area contributed by atoms with Crippen molar-refractivity contribution in [2.45, 2.75) is 20.0 Å². The minimum absolute atomic E-state index is 0.0396. The molecule has 0 unspecified atom stereocenters. The maximum absolute atomic E-state index is 11.4. The van der Waals surface area contributed by atoms with Gasteiger partial charge in [-0.15, -0.1) is 0 Å². The molecule has 110 valence electrons. The first-order valence-corrected chi connectivity index (χ1v) is 6.87. The van der Waals surface area contributed by atoms with E-state index in [1.165, 1.54) is 0 Å². The Labute approximate surface area is 125 Å². The number of carbonyl (C=O) groups is 1. The van der Waals surface area contributed by atoms with Crippen LogP contribution in [-0.4, -0.2) is 23.0 Å². The molecule has 2 aromatic rings. The molecule has 0 aromatic heterocycles. The predicted molar refractivity (Wildman–Crippen MR) is 84.0 cm³/mol. The summed E-state index contributed by atoms with van der Waals surface area (Å²) in [5, 5.41) is 12.8. The van der Waals surface area contributed by atoms with Crippen LogP contribution < -0.4 is 5.32 Å². The number of phenols is 1. The Balaban J connectivity index is 2.08. The van der Waals surface area contributed by atoms with Crippen LogP contribution in [0.2, 0.25) is 0 Å². The Morgan fingerprint density at radius 3 is 2.67 bits per heavy atom. The Bertz CT molecular complexity index is 626. The molecule has 2 N–H and O–H groups in total. The molecule has 4 heteroatoms. The summed E-state index contributed by atoms with van der Waals surface area (Å²) in [6.07, 6.45) is 0. The lowest BCUT2D eigenvalue weighted by molar-refractivity contribution is -0.128. The summed E-state index contributed by atoms with van der Waals surface area (Å²) < 4.78 is 0. The number of aromatic hydroxyl groups is 1. The van der Waals surface area contributed by atoms with E-state index in [1.807, 2.05) is 36.4 Å². The Kier molecular flexibility index (Phi) is 4.82. The summed E-state index contributed by atoms with van der Waals surface area (Å²) in [7, 11) is 1.79. The summed E-state index contributed by atoms with van der Waals surface area (Å²) >= 11 is 0. The molecule has 0 spiro atoms. The lowest BCUT2D eigenvalue weighted by atomic mass is 10.1. The lowest BCUT2D eigenvalue weighted by Gasteiger charge is -2.18. The van der Waals surface area contributed by atoms with Gasteiger partial charge in [0.05, 0.1) is 0 Å². The van der Waals surface area contributed by atoms with Crippen LogP contribution in [0.4, 0.5) is 5.69 Å². The van der Waals surface area contributed by atoms with Crippen LogP contribution in [0, 0.1) is 0 Å². The number of carbonyl (C=O) groups excluding carboxylic acids is 1. The molecule has 0 heterocycles. The highest BCUT2D eigenvalue weighted by atomic mass is 16.3. The predicted octanol–water partition coefficient (Wildman–Crippen LogP) is 2.98. The Morgan fingerprint density at radius 2 is 1.95 bits per heavy atom. The zero-order chi connectivity index (χ0) is 15.2. The van der Waals surface area contributed by atoms with Crippen molar-refractivity contribution in [2.24, 2.45) is 0 Å². The number of benzene rings is 2. The molecule has 4 nitrogen and oxygen atoms in total. The molecule has 2 rings (SSSR count). The topological polar surface area (TPSA) is 52.6 Å². The van der Waals surface area contributed by atoms with Crippen molar-refractivity contribution in [3.63, 3.8) is 0 Å². The van der Waals surface area contributed by atoms with Crippen LogP contribution in [0.15, 0.2) is 48.5 Å². The molecule has 0 atom stereocenters. The molecule has 0 radical (unpaired) electrons. The molecular formula is C17H20N2O2. The zero-order valence-electron chi connectivity index (χ0n) is 12.3. The van der Waals surface area contributed by atoms with Crippen LogP contribution in [-0.2, 0) is 17.9 Å². The molecule has 0 aliphatic heterocycles. The fraction of sp³-hybridized carbons (Fsp3) is 0.235. The monoisotopic (exact) mass is 284 g/mol. The van der Waals surface area contributed by atoms with Crippen LogP contribution >= 0.6 is 0 Å². The molecule has 0 aliphatic rings. The second-order valence-corrected chi connectivity index (χ2v) is 5.06. The van der Waals surface area contributed by atoms with E-state index in [4.69, 9.17) is 0 Å². The van der Waals surface area contributed by atoms with Crippen molar-refractivity contribution < 1.29 is 9.90 Å². The van der Waals surface area contributed by atoms with Gasteiger partial charge in [0, 0.05) is 32.7 Å². The van der Waals surface area contributed by atoms with Gasteiger partial charge >= 0.3 is 0 Å². The van der Waals surface area contributed by atoms with Crippen molar-refractivity contribution >= 4 is 11.6 Å². The number of amides is 1. The van der Waals surface area contributed by atoms with E-state index in [9.17, 15) is 9.90 Å². The van der Waals surface area contributed by atoms with E-state index in [1.54, 1.807) is 31.0 Å². The van der Waals surface area contributed by atoms with Gasteiger partial charge in [0.25, 0.3) is 0 Å². The first-order valence-electron chi connectivity index (χ1n) is 6.87. The maximum Gasteiger partial charge on any atom is 0.219 e. The smallest absolute Gasteiger partial charge is 0.219 e. The minimum atomic E-state index is 0.0396. The molecular weight excluding hydrogens is 264 g/mol. The molecule has 1 amide bonds. The number of hydrogen-bond donors (Lipinski definition) is 2. The van der Waals surface area contributed by atoms with Crippen LogP contribution in [0.1, 0.15) is 18.1 Å². The van der Waals surface area contributed by atoms with Crippen molar-refractivity contribution in [3.05, 3.63) is 59.7 Å². The van der Waals surface area contributed by atoms with Gasteiger partial charge in [0.15, 0.2) is 0 Å². The molecule has 0 aliphatic carbocycles. The zero-order valence-corrected chi connectivity index (χ0v) is 12.3. The third kappa shape index (κ3) is 4.24. The summed E-state index contributed by atoms with van der Waals surface area (Å²) in [6.45, 7) is 2.75. The quantitative estimate of drug-likeness (QED) is 0.887. The number of anilines is 1. The van der Waals surface area contributed by atoms with Crippen molar-refractivity contribution in [2.75, 3.05) is 12.4 Å². The fourth-order valence-electron chi connectivity index (χ4n) is 2.06. The highest BCUT2D eigenvalue weighted by Crippen LogP contribution is 2.19. The minimum Gasteiger partial charge on any atom is -0.508 e. The Morgan fingerprint density at radius 1 is 1.19 bits per heavy atom. The average Bonchev–Trinajstić information content (AvgIpc) is 2.46. The summed E-state index contributed by atoms with van der Waals surface area (Å²) in [6, 6.07) is 15.1. The average molecular weight is 284 g/mol. The van der Waals surface area contributed by atoms with Gasteiger partial charge in [-0.3, -0.25) is 4.79 Å². The largest absolute Gasteiger partial charge is 0.508 e. The van der Waals surface area contributed by atoms with Gasteiger partial charge in [-0.1, -0.05) is 30.3 Å². The third-order valence-electron chi connectivity index (χ3n) is 3.36. The van der Waals surface area contributed by atoms with Gasteiger partial charge in [-0.25, -0.2) is 0 Å². The van der Waals surface area contributed by atoms with Crippen molar-refractivity contribution in [1.29, 1.82) is 0 Å². The van der Waals surface area contributed by atoms with Gasteiger partial charge in [-0.05, 0) is 29.3 Å². The molecule has 2 aromatic carbocycles. The summed E-state index contributed by atoms with van der Waals surface area (Å²) in [5.74, 6) is 0.302. The number of rotatable bonds is 5. The fourth-order valence-corrected chi connectivity index (χ4v) is 2.06. The standard InChI is InChI=1S/C17H20N2O2/c1-13(20)19(2)12-15-7-3-4-9-17(15)18-11-14-6-5-8-16(21)10-14/h3-10,18,21H,11-12H2,1-2H3. The number of nitrogens with zero attached hydrogens (tertiary/aromatic N) is 1. The third-order valence-corrected chi connectivity index (χ3v) is 3.36. The lowest BCUT2D eigenvalue weighted by Crippen LogP contribution is -2.23. The van der Waals surface area contributed by atoms with Crippen molar-refractivity contribution in [3.8, 4) is 5.75 Å². The highest BCUT2D eigenvalue weighted by molar-refractivity contribution is 5.73. The second kappa shape index (κ2) is 6.79. The normalized spacial score (nSPS) is 10.2. The number of nitrogens with one attached hydrogen (secondary N) is 1. The SMILES string of the molecule is CC(=O)N(C)Cc1ccccc1NCc1cccc(O)c1. The van der Waals surface area contributed by atoms with Crippen LogP contribution in [0.3, 0.4) is 0 Å². The summed E-state index contributed by atoms with van der Waals surface area (Å²) in [4.78, 5) is 13.0. The first kappa shape index (κ1) is 14.9. The number of hydrogen-bond acceptors (Lipinski definition) is 3. The molecule has 0 saturated heterocycles. The van der Waals surface area contributed by atoms with Crippen LogP contribution in [0.25, 0.3) is 0 Å². The maximum atomic E-state index is 11.4. The van der Waals surface area contributed by atoms with E-state index in [-0.39, 0.29) is 11.7 Å². The first-order chi connectivity index (χ1) is 10.1. The molecule has 0 saturated carbocycles. The molecule has 21 heavy (non-hydrogen) atoms. The van der Waals surface area contributed by atoms with Crippen molar-refractivity contribution in [1.82, 2.24) is 4.90 Å². The van der Waals surface area contributed by atoms with E-state index in [2.05, 4.69) is 5.32 Å². The highest BCUT2D eigenvalue weighted by Gasteiger charge is 2.07.